The van der Waals surface area contributed by atoms with Crippen molar-refractivity contribution in [3.63, 3.8) is 0 Å². The summed E-state index contributed by atoms with van der Waals surface area (Å²) in [6, 6.07) is 81.2. The average Bonchev–Trinajstić information content (AvgIpc) is 3.97. The van der Waals surface area contributed by atoms with E-state index in [1.54, 1.807) is 0 Å². The Morgan fingerprint density at radius 1 is 0.338 bits per heavy atom. The van der Waals surface area contributed by atoms with Gasteiger partial charge in [0.05, 0.1) is 21.4 Å². The summed E-state index contributed by atoms with van der Waals surface area (Å²) in [5.74, 6) is 1.74. The summed E-state index contributed by atoms with van der Waals surface area (Å²) in [6.07, 6.45) is 2.02. The minimum absolute atomic E-state index is 0.548. The molecule has 5 nitrogen and oxygen atoms in total. The van der Waals surface area contributed by atoms with Crippen LogP contribution in [0.1, 0.15) is 0 Å². The SMILES string of the molecule is c1ccc(-c2ccc(-c3ccccc3)c(-c3cnc(-c4ccc5sc6c(ccc7c8ccccc8n(-c8ccccc8)c76)c5c4)c(-c4nc(-c5ccccc5)nc(-c5ccccc5)n4)c3)c2)cc1. The normalized spacial score (nSPS) is 11.5. The molecule has 0 amide bonds. The molecule has 6 heteroatoms. The van der Waals surface area contributed by atoms with Gasteiger partial charge >= 0.3 is 0 Å². The first kappa shape index (κ1) is 39.5. The molecule has 0 fully saturated rings. The summed E-state index contributed by atoms with van der Waals surface area (Å²) in [7, 11) is 0. The molecule has 0 unspecified atom stereocenters. The molecular formula is C62H39N5S. The lowest BCUT2D eigenvalue weighted by Gasteiger charge is -2.16. The third kappa shape index (κ3) is 6.86. The topological polar surface area (TPSA) is 56.5 Å². The fourth-order valence-electron chi connectivity index (χ4n) is 9.68. The van der Waals surface area contributed by atoms with Crippen LogP contribution in [0.15, 0.2) is 237 Å². The van der Waals surface area contributed by atoms with Crippen LogP contribution >= 0.6 is 11.3 Å². The summed E-state index contributed by atoms with van der Waals surface area (Å²) in [5.41, 5.74) is 14.5. The van der Waals surface area contributed by atoms with E-state index in [0.717, 1.165) is 67.0 Å². The van der Waals surface area contributed by atoms with Gasteiger partial charge in [0.1, 0.15) is 0 Å². The number of hydrogen-bond donors (Lipinski definition) is 0. The zero-order valence-electron chi connectivity index (χ0n) is 36.7. The third-order valence-corrected chi connectivity index (χ3v) is 14.1. The Hall–Kier alpha value is -8.84. The molecule has 13 rings (SSSR count). The van der Waals surface area contributed by atoms with Crippen LogP contribution in [0.5, 0.6) is 0 Å². The van der Waals surface area contributed by atoms with E-state index in [1.807, 2.05) is 53.9 Å². The maximum atomic E-state index is 5.45. The molecule has 0 atom stereocenters. The van der Waals surface area contributed by atoms with Gasteiger partial charge in [-0.05, 0) is 70.3 Å². The highest BCUT2D eigenvalue weighted by molar-refractivity contribution is 7.26. The number of rotatable bonds is 8. The summed E-state index contributed by atoms with van der Waals surface area (Å²) >= 11 is 1.84. The lowest BCUT2D eigenvalue weighted by molar-refractivity contribution is 1.07. The van der Waals surface area contributed by atoms with E-state index in [0.29, 0.717) is 17.5 Å². The highest BCUT2D eigenvalue weighted by atomic mass is 32.1. The van der Waals surface area contributed by atoms with Gasteiger partial charge in [0.15, 0.2) is 17.5 Å². The van der Waals surface area contributed by atoms with E-state index in [4.69, 9.17) is 19.9 Å². The molecule has 0 aliphatic rings. The number of fused-ring (bicyclic) bond motifs is 7. The van der Waals surface area contributed by atoms with Crippen molar-refractivity contribution in [3.8, 4) is 84.5 Å². The fraction of sp³-hybridized carbons (Fsp3) is 0. The Morgan fingerprint density at radius 2 is 0.897 bits per heavy atom. The van der Waals surface area contributed by atoms with Gasteiger partial charge in [-0.15, -0.1) is 11.3 Å². The summed E-state index contributed by atoms with van der Waals surface area (Å²) in [5, 5.41) is 4.87. The highest BCUT2D eigenvalue weighted by Crippen LogP contribution is 2.45. The van der Waals surface area contributed by atoms with Crippen LogP contribution in [0, 0.1) is 0 Å². The van der Waals surface area contributed by atoms with Crippen LogP contribution in [0.4, 0.5) is 0 Å². The van der Waals surface area contributed by atoms with Crippen LogP contribution in [-0.2, 0) is 0 Å². The molecular weight excluding hydrogens is 847 g/mol. The van der Waals surface area contributed by atoms with E-state index in [-0.39, 0.29) is 0 Å². The van der Waals surface area contributed by atoms with Crippen molar-refractivity contribution >= 4 is 53.3 Å². The van der Waals surface area contributed by atoms with Crippen LogP contribution in [0.2, 0.25) is 0 Å². The monoisotopic (exact) mass is 885 g/mol. The smallest absolute Gasteiger partial charge is 0.166 e. The predicted molar refractivity (Wildman–Crippen MR) is 283 cm³/mol. The quantitative estimate of drug-likeness (QED) is 0.153. The second-order valence-corrected chi connectivity index (χ2v) is 18.0. The van der Waals surface area contributed by atoms with Crippen molar-refractivity contribution in [2.45, 2.75) is 0 Å². The zero-order chi connectivity index (χ0) is 45.0. The Balaban J connectivity index is 1.06. The van der Waals surface area contributed by atoms with Crippen molar-refractivity contribution in [2.75, 3.05) is 0 Å². The number of aromatic nitrogens is 5. The van der Waals surface area contributed by atoms with Crippen molar-refractivity contribution in [1.82, 2.24) is 24.5 Å². The maximum Gasteiger partial charge on any atom is 0.166 e. The second-order valence-electron chi connectivity index (χ2n) is 17.0. The van der Waals surface area contributed by atoms with Crippen molar-refractivity contribution < 1.29 is 0 Å². The number of hydrogen-bond acceptors (Lipinski definition) is 5. The molecule has 0 radical (unpaired) electrons. The fourth-order valence-corrected chi connectivity index (χ4v) is 10.9. The van der Waals surface area contributed by atoms with Crippen LogP contribution < -0.4 is 0 Å². The zero-order valence-corrected chi connectivity index (χ0v) is 37.5. The minimum atomic E-state index is 0.548. The molecule has 9 aromatic carbocycles. The van der Waals surface area contributed by atoms with E-state index in [1.165, 1.54) is 42.0 Å². The second kappa shape index (κ2) is 16.5. The lowest BCUT2D eigenvalue weighted by atomic mass is 9.90. The molecule has 4 aromatic heterocycles. The Kier molecular flexibility index (Phi) is 9.62. The molecule has 0 saturated heterocycles. The summed E-state index contributed by atoms with van der Waals surface area (Å²) in [6.45, 7) is 0. The van der Waals surface area contributed by atoms with E-state index in [2.05, 4.69) is 199 Å². The van der Waals surface area contributed by atoms with Gasteiger partial charge in [-0.3, -0.25) is 4.98 Å². The van der Waals surface area contributed by atoms with Gasteiger partial charge < -0.3 is 4.57 Å². The molecule has 0 saturated carbocycles. The first-order chi connectivity index (χ1) is 33.7. The average molecular weight is 886 g/mol. The largest absolute Gasteiger partial charge is 0.308 e. The van der Waals surface area contributed by atoms with Gasteiger partial charge in [0.25, 0.3) is 0 Å². The number of thiophene rings is 1. The Bertz CT molecular complexity index is 3940. The third-order valence-electron chi connectivity index (χ3n) is 12.9. The molecule has 0 aliphatic carbocycles. The number of para-hydroxylation sites is 2. The van der Waals surface area contributed by atoms with Gasteiger partial charge in [-0.25, -0.2) is 15.0 Å². The molecule has 4 heterocycles. The highest BCUT2D eigenvalue weighted by Gasteiger charge is 2.22. The molecule has 68 heavy (non-hydrogen) atoms. The summed E-state index contributed by atoms with van der Waals surface area (Å²) in [4.78, 5) is 21.1. The van der Waals surface area contributed by atoms with Crippen LogP contribution in [0.25, 0.3) is 126 Å². The Morgan fingerprint density at radius 3 is 1.59 bits per heavy atom. The lowest BCUT2D eigenvalue weighted by Crippen LogP contribution is -2.02. The van der Waals surface area contributed by atoms with E-state index < -0.39 is 0 Å². The molecule has 0 spiro atoms. The van der Waals surface area contributed by atoms with Crippen molar-refractivity contribution in [1.29, 1.82) is 0 Å². The van der Waals surface area contributed by atoms with Gasteiger partial charge in [-0.1, -0.05) is 188 Å². The number of nitrogens with zero attached hydrogens (tertiary/aromatic N) is 5. The molecule has 0 aliphatic heterocycles. The molecule has 0 N–H and O–H groups in total. The molecule has 0 bridgehead atoms. The first-order valence-corrected chi connectivity index (χ1v) is 23.6. The minimum Gasteiger partial charge on any atom is -0.308 e. The summed E-state index contributed by atoms with van der Waals surface area (Å²) < 4.78 is 4.89. The van der Waals surface area contributed by atoms with Gasteiger partial charge in [0, 0.05) is 65.9 Å². The maximum absolute atomic E-state index is 5.45. The van der Waals surface area contributed by atoms with E-state index >= 15 is 0 Å². The molecule has 318 valence electrons. The standard InChI is InChI=1S/C62H39N5S/c1-6-18-40(19-7-1)44-30-32-48(41-20-8-2-9-21-41)52(36-44)46-38-54(62-65-60(42-22-10-3-11-23-42)64-61(66-62)43-24-12-4-13-25-43)57(63-39-46)45-31-35-56-53(37-45)51-34-33-50-49-28-16-17-29-55(49)67(58(50)59(51)68-56)47-26-14-5-15-27-47/h1-39H. The van der Waals surface area contributed by atoms with Crippen molar-refractivity contribution in [2.24, 2.45) is 0 Å². The van der Waals surface area contributed by atoms with Gasteiger partial charge in [0.2, 0.25) is 0 Å². The number of pyridine rings is 1. The first-order valence-electron chi connectivity index (χ1n) is 22.8. The Labute approximate surface area is 397 Å². The van der Waals surface area contributed by atoms with E-state index in [9.17, 15) is 0 Å². The van der Waals surface area contributed by atoms with Gasteiger partial charge in [-0.2, -0.15) is 0 Å². The van der Waals surface area contributed by atoms with Crippen LogP contribution in [-0.4, -0.2) is 24.5 Å². The molecule has 13 aromatic rings. The van der Waals surface area contributed by atoms with Crippen molar-refractivity contribution in [3.05, 3.63) is 237 Å². The number of benzene rings is 9. The predicted octanol–water partition coefficient (Wildman–Crippen LogP) is 16.4. The van der Waals surface area contributed by atoms with Crippen LogP contribution in [0.3, 0.4) is 0 Å².